The minimum atomic E-state index is -0.0652. The fourth-order valence-corrected chi connectivity index (χ4v) is 2.19. The second-order valence-corrected chi connectivity index (χ2v) is 5.28. The molecule has 1 atom stereocenters. The number of benzene rings is 1. The lowest BCUT2D eigenvalue weighted by Crippen LogP contribution is -2.28. The molecule has 1 aromatic rings. The summed E-state index contributed by atoms with van der Waals surface area (Å²) in [6.07, 6.45) is 4.68. The zero-order chi connectivity index (χ0) is 13.4. The Balaban J connectivity index is 2.66. The van der Waals surface area contributed by atoms with Crippen LogP contribution in [-0.2, 0) is 0 Å². The van der Waals surface area contributed by atoms with Crippen LogP contribution in [0.1, 0.15) is 57.9 Å². The topological polar surface area (TPSA) is 12.0 Å². The summed E-state index contributed by atoms with van der Waals surface area (Å²) in [5, 5.41) is 3.43. The smallest absolute Gasteiger partial charge is 0.126 e. The average Bonchev–Trinajstić information content (AvgIpc) is 2.34. The number of hydrogen-bond donors (Lipinski definition) is 1. The zero-order valence-corrected chi connectivity index (χ0v) is 11.9. The summed E-state index contributed by atoms with van der Waals surface area (Å²) in [5.74, 6) is 0.227. The summed E-state index contributed by atoms with van der Waals surface area (Å²) in [7, 11) is 0. The Morgan fingerprint density at radius 1 is 1.17 bits per heavy atom. The molecule has 102 valence electrons. The molecule has 0 fully saturated rings. The Kier molecular flexibility index (Phi) is 6.96. The van der Waals surface area contributed by atoms with Crippen molar-refractivity contribution in [3.63, 3.8) is 0 Å². The van der Waals surface area contributed by atoms with Crippen LogP contribution in [0.25, 0.3) is 0 Å². The van der Waals surface area contributed by atoms with E-state index in [0.29, 0.717) is 12.0 Å². The zero-order valence-electron chi connectivity index (χ0n) is 11.9. The molecule has 0 aromatic heterocycles. The van der Waals surface area contributed by atoms with Crippen LogP contribution in [0.3, 0.4) is 0 Å². The molecule has 1 aromatic carbocycles. The van der Waals surface area contributed by atoms with E-state index in [1.807, 2.05) is 12.1 Å². The van der Waals surface area contributed by atoms with Crippen molar-refractivity contribution in [2.24, 2.45) is 0 Å². The summed E-state index contributed by atoms with van der Waals surface area (Å²) in [6, 6.07) is 7.63. The molecule has 0 bridgehead atoms. The summed E-state index contributed by atoms with van der Waals surface area (Å²) >= 11 is 0. The molecular weight excluding hydrogens is 225 g/mol. The second kappa shape index (κ2) is 8.25. The lowest BCUT2D eigenvalue weighted by atomic mass is 9.92. The molecule has 0 aliphatic carbocycles. The average molecular weight is 251 g/mol. The van der Waals surface area contributed by atoms with E-state index < -0.39 is 0 Å². The maximum absolute atomic E-state index is 13.8. The third-order valence-corrected chi connectivity index (χ3v) is 3.27. The standard InChI is InChI=1S/C16H26FN/c1-4-5-6-9-14(12-18-13(2)3)15-10-7-8-11-16(15)17/h7-8,10-11,13-14,18H,4-6,9,12H2,1-3H3. The van der Waals surface area contributed by atoms with Crippen molar-refractivity contribution >= 4 is 0 Å². The third kappa shape index (κ3) is 5.18. The van der Waals surface area contributed by atoms with Gasteiger partial charge in [0, 0.05) is 12.6 Å². The van der Waals surface area contributed by atoms with Crippen molar-refractivity contribution in [2.75, 3.05) is 6.54 Å². The molecule has 0 radical (unpaired) electrons. The number of nitrogens with one attached hydrogen (secondary N) is 1. The maximum Gasteiger partial charge on any atom is 0.126 e. The van der Waals surface area contributed by atoms with Crippen molar-refractivity contribution in [3.8, 4) is 0 Å². The van der Waals surface area contributed by atoms with Crippen LogP contribution in [0.4, 0.5) is 4.39 Å². The number of hydrogen-bond acceptors (Lipinski definition) is 1. The first-order valence-corrected chi connectivity index (χ1v) is 7.13. The van der Waals surface area contributed by atoms with Gasteiger partial charge in [0.15, 0.2) is 0 Å². The highest BCUT2D eigenvalue weighted by molar-refractivity contribution is 5.22. The van der Waals surface area contributed by atoms with Crippen LogP contribution < -0.4 is 5.32 Å². The van der Waals surface area contributed by atoms with E-state index in [4.69, 9.17) is 0 Å². The van der Waals surface area contributed by atoms with Crippen LogP contribution in [0, 0.1) is 5.82 Å². The molecule has 0 saturated heterocycles. The van der Waals surface area contributed by atoms with Crippen molar-refractivity contribution in [1.82, 2.24) is 5.32 Å². The monoisotopic (exact) mass is 251 g/mol. The predicted molar refractivity (Wildman–Crippen MR) is 76.4 cm³/mol. The first-order chi connectivity index (χ1) is 8.65. The van der Waals surface area contributed by atoms with Crippen LogP contribution in [0.15, 0.2) is 24.3 Å². The van der Waals surface area contributed by atoms with Gasteiger partial charge in [-0.05, 0) is 24.0 Å². The van der Waals surface area contributed by atoms with Crippen LogP contribution in [-0.4, -0.2) is 12.6 Å². The lowest BCUT2D eigenvalue weighted by Gasteiger charge is -2.20. The highest BCUT2D eigenvalue weighted by Crippen LogP contribution is 2.24. The molecule has 0 heterocycles. The largest absolute Gasteiger partial charge is 0.314 e. The van der Waals surface area contributed by atoms with Gasteiger partial charge in [0.2, 0.25) is 0 Å². The van der Waals surface area contributed by atoms with Gasteiger partial charge in [0.25, 0.3) is 0 Å². The number of unbranched alkanes of at least 4 members (excludes halogenated alkanes) is 2. The number of rotatable bonds is 8. The Bertz CT molecular complexity index is 336. The fourth-order valence-electron chi connectivity index (χ4n) is 2.19. The Morgan fingerprint density at radius 2 is 1.89 bits per heavy atom. The van der Waals surface area contributed by atoms with E-state index in [2.05, 4.69) is 26.1 Å². The molecule has 0 aliphatic heterocycles. The third-order valence-electron chi connectivity index (χ3n) is 3.27. The van der Waals surface area contributed by atoms with E-state index in [-0.39, 0.29) is 5.82 Å². The number of halogens is 1. The molecule has 2 heteroatoms. The van der Waals surface area contributed by atoms with Gasteiger partial charge >= 0.3 is 0 Å². The summed E-state index contributed by atoms with van der Waals surface area (Å²) in [6.45, 7) is 7.32. The summed E-state index contributed by atoms with van der Waals surface area (Å²) in [5.41, 5.74) is 0.863. The van der Waals surface area contributed by atoms with E-state index in [1.54, 1.807) is 12.1 Å². The minimum Gasteiger partial charge on any atom is -0.314 e. The molecule has 0 aliphatic rings. The van der Waals surface area contributed by atoms with Crippen molar-refractivity contribution < 1.29 is 4.39 Å². The van der Waals surface area contributed by atoms with Gasteiger partial charge in [0.05, 0.1) is 0 Å². The highest BCUT2D eigenvalue weighted by atomic mass is 19.1. The Labute approximate surface area is 111 Å². The predicted octanol–water partition coefficient (Wildman–Crippen LogP) is 4.49. The SMILES string of the molecule is CCCCCC(CNC(C)C)c1ccccc1F. The van der Waals surface area contributed by atoms with Crippen LogP contribution in [0.2, 0.25) is 0 Å². The van der Waals surface area contributed by atoms with Gasteiger partial charge in [-0.2, -0.15) is 0 Å². The molecule has 0 saturated carbocycles. The van der Waals surface area contributed by atoms with Crippen LogP contribution >= 0.6 is 0 Å². The van der Waals surface area contributed by atoms with Gasteiger partial charge in [0.1, 0.15) is 5.82 Å². The fraction of sp³-hybridized carbons (Fsp3) is 0.625. The van der Waals surface area contributed by atoms with Gasteiger partial charge < -0.3 is 5.32 Å². The van der Waals surface area contributed by atoms with Crippen molar-refractivity contribution in [1.29, 1.82) is 0 Å². The van der Waals surface area contributed by atoms with E-state index in [9.17, 15) is 4.39 Å². The Morgan fingerprint density at radius 3 is 2.50 bits per heavy atom. The quantitative estimate of drug-likeness (QED) is 0.671. The molecule has 0 spiro atoms. The van der Waals surface area contributed by atoms with Crippen LogP contribution in [0.5, 0.6) is 0 Å². The lowest BCUT2D eigenvalue weighted by molar-refractivity contribution is 0.473. The van der Waals surface area contributed by atoms with E-state index in [1.165, 1.54) is 19.3 Å². The van der Waals surface area contributed by atoms with Crippen molar-refractivity contribution in [3.05, 3.63) is 35.6 Å². The molecule has 1 rings (SSSR count). The summed E-state index contributed by atoms with van der Waals surface area (Å²) in [4.78, 5) is 0. The maximum atomic E-state index is 13.8. The van der Waals surface area contributed by atoms with E-state index in [0.717, 1.165) is 18.5 Å². The van der Waals surface area contributed by atoms with Gasteiger partial charge in [-0.1, -0.05) is 58.2 Å². The van der Waals surface area contributed by atoms with Gasteiger partial charge in [-0.15, -0.1) is 0 Å². The minimum absolute atomic E-state index is 0.0652. The van der Waals surface area contributed by atoms with Gasteiger partial charge in [-0.25, -0.2) is 4.39 Å². The molecule has 1 unspecified atom stereocenters. The normalized spacial score (nSPS) is 12.9. The van der Waals surface area contributed by atoms with Gasteiger partial charge in [-0.3, -0.25) is 0 Å². The summed E-state index contributed by atoms with van der Waals surface area (Å²) < 4.78 is 13.8. The highest BCUT2D eigenvalue weighted by Gasteiger charge is 2.15. The Hall–Kier alpha value is -0.890. The first kappa shape index (κ1) is 15.2. The molecule has 0 amide bonds. The van der Waals surface area contributed by atoms with E-state index >= 15 is 0 Å². The molecule has 18 heavy (non-hydrogen) atoms. The second-order valence-electron chi connectivity index (χ2n) is 5.28. The molecular formula is C16H26FN. The van der Waals surface area contributed by atoms with Crippen molar-refractivity contribution in [2.45, 2.75) is 58.4 Å². The first-order valence-electron chi connectivity index (χ1n) is 7.13. The molecule has 1 N–H and O–H groups in total. The molecule has 1 nitrogen and oxygen atoms in total.